The Hall–Kier alpha value is -0.720. The van der Waals surface area contributed by atoms with Crippen molar-refractivity contribution in [3.05, 3.63) is 23.5 Å². The third kappa shape index (κ3) is 3.51. The van der Waals surface area contributed by atoms with Crippen molar-refractivity contribution < 1.29 is 5.11 Å². The van der Waals surface area contributed by atoms with Crippen molar-refractivity contribution in [3.8, 4) is 0 Å². The van der Waals surface area contributed by atoms with E-state index in [0.29, 0.717) is 16.7 Å². The van der Waals surface area contributed by atoms with E-state index in [0.717, 1.165) is 41.1 Å². The third-order valence-electron chi connectivity index (χ3n) is 11.2. The lowest BCUT2D eigenvalue weighted by Crippen LogP contribution is -2.50. The lowest BCUT2D eigenvalue weighted by atomic mass is 9.46. The Balaban J connectivity index is 1.50. The smallest absolute Gasteiger partial charge is 0.0783 e. The van der Waals surface area contributed by atoms with Crippen LogP contribution in [0, 0.1) is 52.3 Å². The zero-order valence-corrected chi connectivity index (χ0v) is 20.7. The van der Waals surface area contributed by atoms with Crippen molar-refractivity contribution >= 4 is 0 Å². The Bertz CT molecular complexity index is 688. The molecule has 0 aromatic rings. The monoisotopic (exact) mass is 412 g/mol. The molecule has 0 radical (unpaired) electrons. The minimum Gasteiger partial charge on any atom is -0.516 e. The molecule has 0 spiro atoms. The lowest BCUT2D eigenvalue weighted by Gasteiger charge is -2.58. The molecule has 30 heavy (non-hydrogen) atoms. The average molecular weight is 413 g/mol. The molecular weight excluding hydrogens is 364 g/mol. The van der Waals surface area contributed by atoms with Gasteiger partial charge in [-0.25, -0.2) is 0 Å². The van der Waals surface area contributed by atoms with E-state index >= 15 is 0 Å². The van der Waals surface area contributed by atoms with E-state index in [1.54, 1.807) is 0 Å². The normalized spacial score (nSPS) is 45.7. The van der Waals surface area contributed by atoms with Crippen molar-refractivity contribution in [2.75, 3.05) is 0 Å². The quantitative estimate of drug-likeness (QED) is 0.353. The first-order chi connectivity index (χ1) is 14.2. The summed E-state index contributed by atoms with van der Waals surface area (Å²) in [7, 11) is 0. The number of aliphatic hydroxyl groups is 1. The minimum atomic E-state index is 0.504. The van der Waals surface area contributed by atoms with Crippen molar-refractivity contribution in [2.45, 2.75) is 106 Å². The Morgan fingerprint density at radius 1 is 1.07 bits per heavy atom. The van der Waals surface area contributed by atoms with E-state index in [-0.39, 0.29) is 0 Å². The molecule has 0 aromatic heterocycles. The fourth-order valence-corrected chi connectivity index (χ4v) is 9.07. The summed E-state index contributed by atoms with van der Waals surface area (Å²) < 4.78 is 0. The number of aliphatic hydroxyl groups excluding tert-OH is 1. The Labute approximate surface area is 186 Å². The van der Waals surface area contributed by atoms with Crippen LogP contribution in [0.3, 0.4) is 0 Å². The van der Waals surface area contributed by atoms with Gasteiger partial charge in [0.25, 0.3) is 0 Å². The van der Waals surface area contributed by atoms with Gasteiger partial charge in [0.15, 0.2) is 0 Å². The number of fused-ring (bicyclic) bond motifs is 5. The van der Waals surface area contributed by atoms with Crippen LogP contribution < -0.4 is 0 Å². The molecule has 3 fully saturated rings. The first kappa shape index (κ1) is 22.5. The maximum atomic E-state index is 9.34. The van der Waals surface area contributed by atoms with E-state index in [1.165, 1.54) is 70.5 Å². The van der Waals surface area contributed by atoms with Crippen LogP contribution in [0.25, 0.3) is 0 Å². The van der Waals surface area contributed by atoms with Gasteiger partial charge >= 0.3 is 0 Å². The predicted octanol–water partition coefficient (Wildman–Crippen LogP) is 8.72. The molecule has 1 nitrogen and oxygen atoms in total. The van der Waals surface area contributed by atoms with Crippen LogP contribution in [-0.4, -0.2) is 5.11 Å². The van der Waals surface area contributed by atoms with Crippen molar-refractivity contribution in [1.29, 1.82) is 0 Å². The maximum Gasteiger partial charge on any atom is 0.0783 e. The highest BCUT2D eigenvalue weighted by molar-refractivity contribution is 5.27. The molecule has 0 aromatic carbocycles. The highest BCUT2D eigenvalue weighted by atomic mass is 16.2. The maximum absolute atomic E-state index is 9.34. The molecule has 4 aliphatic rings. The highest BCUT2D eigenvalue weighted by Crippen LogP contribution is 2.67. The van der Waals surface area contributed by atoms with Crippen LogP contribution >= 0.6 is 0 Å². The zero-order chi connectivity index (χ0) is 21.7. The third-order valence-corrected chi connectivity index (χ3v) is 11.2. The Morgan fingerprint density at radius 3 is 2.53 bits per heavy atom. The van der Waals surface area contributed by atoms with Crippen molar-refractivity contribution in [3.63, 3.8) is 0 Å². The molecule has 4 rings (SSSR count). The van der Waals surface area contributed by atoms with Gasteiger partial charge in [-0.2, -0.15) is 0 Å². The van der Waals surface area contributed by atoms with Crippen molar-refractivity contribution in [1.82, 2.24) is 0 Å². The highest BCUT2D eigenvalue weighted by Gasteiger charge is 2.58. The molecule has 4 aliphatic carbocycles. The Morgan fingerprint density at radius 2 is 1.80 bits per heavy atom. The summed E-state index contributed by atoms with van der Waals surface area (Å²) in [5.41, 5.74) is 4.15. The molecule has 170 valence electrons. The van der Waals surface area contributed by atoms with Gasteiger partial charge in [-0.15, -0.1) is 0 Å². The SMILES string of the molecule is CC(=CO)[C@@H](C)CC[C@@H](C)[C@H]1CC[C@H]2C3=CCC4C(C)CCC[C@]4(C)[C@H]3CC[C@]12C. The van der Waals surface area contributed by atoms with E-state index in [2.05, 4.69) is 47.6 Å². The zero-order valence-electron chi connectivity index (χ0n) is 20.7. The summed E-state index contributed by atoms with van der Waals surface area (Å²) in [6, 6.07) is 0. The molecule has 0 heterocycles. The second-order valence-electron chi connectivity index (χ2n) is 12.6. The number of allylic oxidation sites excluding steroid dienone is 3. The van der Waals surface area contributed by atoms with Gasteiger partial charge in [-0.3, -0.25) is 0 Å². The fourth-order valence-electron chi connectivity index (χ4n) is 9.07. The average Bonchev–Trinajstić information content (AvgIpc) is 3.08. The summed E-state index contributed by atoms with van der Waals surface area (Å²) in [5, 5.41) is 9.34. The molecule has 2 unspecified atom stereocenters. The predicted molar refractivity (Wildman–Crippen MR) is 128 cm³/mol. The molecule has 3 saturated carbocycles. The second kappa shape index (κ2) is 8.32. The van der Waals surface area contributed by atoms with Gasteiger partial charge in [0, 0.05) is 0 Å². The van der Waals surface area contributed by atoms with Crippen LogP contribution in [0.4, 0.5) is 0 Å². The first-order valence-corrected chi connectivity index (χ1v) is 13.2. The molecular formula is C29H48O. The van der Waals surface area contributed by atoms with Gasteiger partial charge in [0.1, 0.15) is 0 Å². The van der Waals surface area contributed by atoms with Crippen LogP contribution in [0.2, 0.25) is 0 Å². The Kier molecular flexibility index (Phi) is 6.24. The summed E-state index contributed by atoms with van der Waals surface area (Å²) >= 11 is 0. The second-order valence-corrected chi connectivity index (χ2v) is 12.6. The lowest BCUT2D eigenvalue weighted by molar-refractivity contribution is -0.0287. The fraction of sp³-hybridized carbons (Fsp3) is 0.862. The molecule has 0 aliphatic heterocycles. The van der Waals surface area contributed by atoms with Crippen LogP contribution in [0.1, 0.15) is 106 Å². The molecule has 1 N–H and O–H groups in total. The van der Waals surface area contributed by atoms with Gasteiger partial charge in [0.2, 0.25) is 0 Å². The van der Waals surface area contributed by atoms with E-state index in [1.807, 2.05) is 5.57 Å². The van der Waals surface area contributed by atoms with E-state index < -0.39 is 0 Å². The number of hydrogen-bond acceptors (Lipinski definition) is 1. The van der Waals surface area contributed by atoms with Gasteiger partial charge in [-0.05, 0) is 116 Å². The molecule has 1 heteroatoms. The largest absolute Gasteiger partial charge is 0.516 e. The van der Waals surface area contributed by atoms with Gasteiger partial charge in [-0.1, -0.05) is 59.1 Å². The van der Waals surface area contributed by atoms with Gasteiger partial charge < -0.3 is 5.11 Å². The standard InChI is InChI=1S/C29H48O/c1-19(22(4)18-30)9-10-21(3)25-13-14-26-23-11-12-24-20(2)8-7-16-28(24,5)27(23)15-17-29(25,26)6/h11,18-21,24-27,30H,7-10,12-17H2,1-6H3/t19-,20?,21+,24?,25+,26-,27-,28-,29+/m0/s1. The molecule has 9 atom stereocenters. The van der Waals surface area contributed by atoms with Crippen LogP contribution in [0.15, 0.2) is 23.5 Å². The van der Waals surface area contributed by atoms with Crippen LogP contribution in [0.5, 0.6) is 0 Å². The number of hydrogen-bond donors (Lipinski definition) is 1. The van der Waals surface area contributed by atoms with Crippen LogP contribution in [-0.2, 0) is 0 Å². The first-order valence-electron chi connectivity index (χ1n) is 13.2. The number of rotatable bonds is 5. The molecule has 0 saturated heterocycles. The minimum absolute atomic E-state index is 0.504. The summed E-state index contributed by atoms with van der Waals surface area (Å²) in [6.45, 7) is 14.8. The topological polar surface area (TPSA) is 20.2 Å². The molecule has 0 amide bonds. The summed E-state index contributed by atoms with van der Waals surface area (Å²) in [6.07, 6.45) is 18.1. The molecule has 0 bridgehead atoms. The van der Waals surface area contributed by atoms with Crippen molar-refractivity contribution in [2.24, 2.45) is 52.3 Å². The van der Waals surface area contributed by atoms with E-state index in [9.17, 15) is 5.11 Å². The van der Waals surface area contributed by atoms with Gasteiger partial charge in [0.05, 0.1) is 6.26 Å². The van der Waals surface area contributed by atoms with E-state index in [4.69, 9.17) is 0 Å². The summed E-state index contributed by atoms with van der Waals surface area (Å²) in [5.74, 6) is 5.77. The summed E-state index contributed by atoms with van der Waals surface area (Å²) in [4.78, 5) is 0.